The molecule has 7 heteroatoms. The summed E-state index contributed by atoms with van der Waals surface area (Å²) < 4.78 is 22.9. The summed E-state index contributed by atoms with van der Waals surface area (Å²) in [6.07, 6.45) is 0. The lowest BCUT2D eigenvalue weighted by Crippen LogP contribution is -2.22. The minimum Gasteiger partial charge on any atom is -0.210 e. The Bertz CT molecular complexity index is 590. The van der Waals surface area contributed by atoms with Crippen LogP contribution in [0.2, 0.25) is 5.15 Å². The van der Waals surface area contributed by atoms with Gasteiger partial charge in [0, 0.05) is 5.39 Å². The highest BCUT2D eigenvalue weighted by molar-refractivity contribution is 7.87. The second-order valence-corrected chi connectivity index (χ2v) is 4.43. The molecule has 0 atom stereocenters. The van der Waals surface area contributed by atoms with Crippen LogP contribution in [0.4, 0.5) is 0 Å². The van der Waals surface area contributed by atoms with Crippen LogP contribution in [0.15, 0.2) is 24.3 Å². The van der Waals surface area contributed by atoms with E-state index in [9.17, 15) is 8.42 Å². The number of hydrogen-bond acceptors (Lipinski definition) is 3. The van der Waals surface area contributed by atoms with Gasteiger partial charge in [0.15, 0.2) is 5.15 Å². The fourth-order valence-electron chi connectivity index (χ4n) is 1.20. The third kappa shape index (κ3) is 1.37. The van der Waals surface area contributed by atoms with Crippen LogP contribution in [0.1, 0.15) is 0 Å². The first-order chi connectivity index (χ1) is 6.50. The zero-order chi connectivity index (χ0) is 10.3. The van der Waals surface area contributed by atoms with Gasteiger partial charge in [-0.25, -0.2) is 5.14 Å². The van der Waals surface area contributed by atoms with Gasteiger partial charge < -0.3 is 0 Å². The van der Waals surface area contributed by atoms with Crippen molar-refractivity contribution in [2.24, 2.45) is 5.14 Å². The van der Waals surface area contributed by atoms with E-state index >= 15 is 0 Å². The molecule has 2 N–H and O–H groups in total. The first-order valence-corrected chi connectivity index (χ1v) is 5.55. The molecule has 0 radical (unpaired) electrons. The zero-order valence-corrected chi connectivity index (χ0v) is 8.46. The van der Waals surface area contributed by atoms with Crippen molar-refractivity contribution in [2.75, 3.05) is 0 Å². The average Bonchev–Trinajstić information content (AvgIpc) is 2.44. The van der Waals surface area contributed by atoms with E-state index in [0.29, 0.717) is 15.0 Å². The standard InChI is InChI=1S/C7H6ClN3O2S/c8-7-5-3-1-2-4-6(5)11(10-7)14(9,12)13/h1-4H,(H2,9,12,13). The van der Waals surface area contributed by atoms with E-state index in [1.165, 1.54) is 0 Å². The predicted molar refractivity (Wildman–Crippen MR) is 53.2 cm³/mol. The molecule has 5 nitrogen and oxygen atoms in total. The van der Waals surface area contributed by atoms with E-state index in [0.717, 1.165) is 0 Å². The summed E-state index contributed by atoms with van der Waals surface area (Å²) in [6, 6.07) is 6.68. The molecule has 0 saturated heterocycles. The van der Waals surface area contributed by atoms with Gasteiger partial charge in [0.05, 0.1) is 5.52 Å². The first-order valence-electron chi connectivity index (χ1n) is 3.67. The van der Waals surface area contributed by atoms with E-state index < -0.39 is 10.2 Å². The van der Waals surface area contributed by atoms with E-state index in [-0.39, 0.29) is 5.15 Å². The third-order valence-corrected chi connectivity index (χ3v) is 2.79. The van der Waals surface area contributed by atoms with Gasteiger partial charge in [0.1, 0.15) is 0 Å². The number of aromatic nitrogens is 2. The predicted octanol–water partition coefficient (Wildman–Crippen LogP) is 0.741. The molecule has 1 aromatic heterocycles. The highest BCUT2D eigenvalue weighted by Crippen LogP contribution is 2.22. The Morgan fingerprint density at radius 2 is 2.00 bits per heavy atom. The van der Waals surface area contributed by atoms with Gasteiger partial charge in [-0.3, -0.25) is 0 Å². The maximum Gasteiger partial charge on any atom is 0.318 e. The van der Waals surface area contributed by atoms with Crippen molar-refractivity contribution in [3.05, 3.63) is 29.4 Å². The fraction of sp³-hybridized carbons (Fsp3) is 0. The third-order valence-electron chi connectivity index (χ3n) is 1.75. The number of fused-ring (bicyclic) bond motifs is 1. The van der Waals surface area contributed by atoms with E-state index in [1.54, 1.807) is 24.3 Å². The number of rotatable bonds is 1. The maximum atomic E-state index is 11.1. The molecule has 2 aromatic rings. The van der Waals surface area contributed by atoms with Crippen LogP contribution in [0.3, 0.4) is 0 Å². The number of halogens is 1. The average molecular weight is 232 g/mol. The Morgan fingerprint density at radius 1 is 1.36 bits per heavy atom. The van der Waals surface area contributed by atoms with Gasteiger partial charge in [-0.2, -0.15) is 8.42 Å². The Hall–Kier alpha value is -1.11. The van der Waals surface area contributed by atoms with Gasteiger partial charge in [0.2, 0.25) is 0 Å². The molecule has 0 aliphatic heterocycles. The zero-order valence-electron chi connectivity index (χ0n) is 6.88. The molecule has 14 heavy (non-hydrogen) atoms. The largest absolute Gasteiger partial charge is 0.318 e. The molecule has 0 aliphatic rings. The molecule has 1 heterocycles. The summed E-state index contributed by atoms with van der Waals surface area (Å²) in [4.78, 5) is 0. The van der Waals surface area contributed by atoms with Crippen molar-refractivity contribution in [1.29, 1.82) is 0 Å². The number of hydrogen-bond donors (Lipinski definition) is 1. The van der Waals surface area contributed by atoms with Crippen LogP contribution < -0.4 is 5.14 Å². The van der Waals surface area contributed by atoms with Crippen molar-refractivity contribution in [3.63, 3.8) is 0 Å². The number of nitrogens with two attached hydrogens (primary N) is 1. The fourth-order valence-corrected chi connectivity index (χ4v) is 2.11. The van der Waals surface area contributed by atoms with Crippen molar-refractivity contribution in [2.45, 2.75) is 0 Å². The molecule has 0 fully saturated rings. The molecule has 0 saturated carbocycles. The molecule has 1 aromatic carbocycles. The minimum atomic E-state index is -3.89. The second kappa shape index (κ2) is 2.94. The van der Waals surface area contributed by atoms with Crippen molar-refractivity contribution in [3.8, 4) is 0 Å². The van der Waals surface area contributed by atoms with Crippen LogP contribution >= 0.6 is 11.6 Å². The molecule has 2 rings (SSSR count). The molecule has 0 bridgehead atoms. The molecule has 0 amide bonds. The van der Waals surface area contributed by atoms with Crippen molar-refractivity contribution < 1.29 is 8.42 Å². The SMILES string of the molecule is NS(=O)(=O)n1nc(Cl)c2ccccc21. The van der Waals surface area contributed by atoms with Crippen LogP contribution in [-0.2, 0) is 10.2 Å². The maximum absolute atomic E-state index is 11.1. The molecular formula is C7H6ClN3O2S. The van der Waals surface area contributed by atoms with Crippen molar-refractivity contribution >= 4 is 32.7 Å². The summed E-state index contributed by atoms with van der Waals surface area (Å²) in [6.45, 7) is 0. The highest BCUT2D eigenvalue weighted by atomic mass is 35.5. The molecule has 0 unspecified atom stereocenters. The highest BCUT2D eigenvalue weighted by Gasteiger charge is 2.14. The van der Waals surface area contributed by atoms with Gasteiger partial charge >= 0.3 is 10.2 Å². The lowest BCUT2D eigenvalue weighted by molar-refractivity contribution is 0.584. The smallest absolute Gasteiger partial charge is 0.210 e. The van der Waals surface area contributed by atoms with E-state index in [4.69, 9.17) is 16.7 Å². The van der Waals surface area contributed by atoms with Crippen molar-refractivity contribution in [1.82, 2.24) is 9.19 Å². The second-order valence-electron chi connectivity index (χ2n) is 2.70. The lowest BCUT2D eigenvalue weighted by atomic mass is 10.3. The molecule has 0 aliphatic carbocycles. The van der Waals surface area contributed by atoms with Crippen LogP contribution in [0.25, 0.3) is 10.9 Å². The minimum absolute atomic E-state index is 0.120. The van der Waals surface area contributed by atoms with Gasteiger partial charge in [-0.15, -0.1) is 9.19 Å². The number of nitrogens with zero attached hydrogens (tertiary/aromatic N) is 2. The van der Waals surface area contributed by atoms with Gasteiger partial charge in [-0.1, -0.05) is 23.7 Å². The monoisotopic (exact) mass is 231 g/mol. The Labute approximate surface area is 85.3 Å². The van der Waals surface area contributed by atoms with E-state index in [2.05, 4.69) is 5.10 Å². The Morgan fingerprint density at radius 3 is 2.64 bits per heavy atom. The van der Waals surface area contributed by atoms with Crippen LogP contribution in [-0.4, -0.2) is 17.6 Å². The summed E-state index contributed by atoms with van der Waals surface area (Å²) in [5, 5.41) is 9.26. The number of benzene rings is 1. The Balaban J connectivity index is 2.93. The summed E-state index contributed by atoms with van der Waals surface area (Å²) in [7, 11) is -3.89. The van der Waals surface area contributed by atoms with Gasteiger partial charge in [-0.05, 0) is 12.1 Å². The Kier molecular flexibility index (Phi) is 1.99. The lowest BCUT2D eigenvalue weighted by Gasteiger charge is -1.97. The quantitative estimate of drug-likeness (QED) is 0.786. The summed E-state index contributed by atoms with van der Waals surface area (Å²) in [5.74, 6) is 0. The topological polar surface area (TPSA) is 78.0 Å². The molecular weight excluding hydrogens is 226 g/mol. The number of para-hydroxylation sites is 1. The summed E-state index contributed by atoms with van der Waals surface area (Å²) >= 11 is 5.73. The summed E-state index contributed by atoms with van der Waals surface area (Å²) in [5.41, 5.74) is 0.375. The molecule has 74 valence electrons. The van der Waals surface area contributed by atoms with Gasteiger partial charge in [0.25, 0.3) is 0 Å². The van der Waals surface area contributed by atoms with Crippen LogP contribution in [0, 0.1) is 0 Å². The normalized spacial score (nSPS) is 12.1. The van der Waals surface area contributed by atoms with E-state index in [1.807, 2.05) is 0 Å². The van der Waals surface area contributed by atoms with Crippen LogP contribution in [0.5, 0.6) is 0 Å². The first kappa shape index (κ1) is 9.45. The molecule has 0 spiro atoms.